The van der Waals surface area contributed by atoms with Gasteiger partial charge in [-0.2, -0.15) is 5.26 Å². The van der Waals surface area contributed by atoms with Gasteiger partial charge in [-0.15, -0.1) is 0 Å². The van der Waals surface area contributed by atoms with Gasteiger partial charge >= 0.3 is 0 Å². The van der Waals surface area contributed by atoms with Gasteiger partial charge < -0.3 is 15.0 Å². The molecule has 0 bridgehead atoms. The summed E-state index contributed by atoms with van der Waals surface area (Å²) in [6.45, 7) is 2.45. The standard InChI is InChI=1S/C31H29FN4O2/c32-27-14-22-10-11-34-31(37)29(22)26-15-24(19-38-30(26)27)36(18-20-5-2-1-3-6-20)12-4-7-23-17-35-28-9-8-21(16-33)13-25(23)28/h1-3,5-6,8-9,13-14,17,24,35H,4,7,10-12,15,18-19H2,(H,34,37). The maximum atomic E-state index is 14.9. The van der Waals surface area contributed by atoms with Gasteiger partial charge in [0.15, 0.2) is 11.6 Å². The van der Waals surface area contributed by atoms with Crippen molar-refractivity contribution in [2.75, 3.05) is 19.7 Å². The van der Waals surface area contributed by atoms with E-state index in [-0.39, 0.29) is 23.5 Å². The van der Waals surface area contributed by atoms with Crippen molar-refractivity contribution < 1.29 is 13.9 Å². The molecule has 2 aliphatic rings. The molecule has 0 radical (unpaired) electrons. The van der Waals surface area contributed by atoms with E-state index in [0.717, 1.165) is 42.4 Å². The van der Waals surface area contributed by atoms with Crippen molar-refractivity contribution in [1.29, 1.82) is 5.26 Å². The van der Waals surface area contributed by atoms with Crippen LogP contribution in [0.1, 0.15) is 44.6 Å². The fourth-order valence-corrected chi connectivity index (χ4v) is 5.82. The van der Waals surface area contributed by atoms with Gasteiger partial charge in [-0.25, -0.2) is 4.39 Å². The van der Waals surface area contributed by atoms with Crippen LogP contribution in [0.25, 0.3) is 10.9 Å². The minimum Gasteiger partial charge on any atom is -0.489 e. The van der Waals surface area contributed by atoms with E-state index in [0.29, 0.717) is 42.7 Å². The molecule has 1 aromatic heterocycles. The quantitative estimate of drug-likeness (QED) is 0.372. The maximum absolute atomic E-state index is 14.9. The minimum atomic E-state index is -0.377. The summed E-state index contributed by atoms with van der Waals surface area (Å²) in [4.78, 5) is 18.5. The Labute approximate surface area is 221 Å². The molecule has 0 aliphatic carbocycles. The number of nitrogens with zero attached hydrogens (tertiary/aromatic N) is 2. The highest BCUT2D eigenvalue weighted by Gasteiger charge is 2.33. The lowest BCUT2D eigenvalue weighted by Gasteiger charge is -2.37. The predicted octanol–water partition coefficient (Wildman–Crippen LogP) is 4.90. The lowest BCUT2D eigenvalue weighted by molar-refractivity contribution is 0.0926. The number of ether oxygens (including phenoxy) is 1. The fraction of sp³-hybridized carbons (Fsp3) is 0.290. The number of fused-ring (bicyclic) bond motifs is 4. The Bertz CT molecular complexity index is 1540. The number of H-pyrrole nitrogens is 1. The summed E-state index contributed by atoms with van der Waals surface area (Å²) in [6, 6.07) is 19.7. The van der Waals surface area contributed by atoms with Crippen molar-refractivity contribution in [1.82, 2.24) is 15.2 Å². The highest BCUT2D eigenvalue weighted by Crippen LogP contribution is 2.36. The number of halogens is 1. The largest absolute Gasteiger partial charge is 0.489 e. The monoisotopic (exact) mass is 508 g/mol. The van der Waals surface area contributed by atoms with Gasteiger partial charge in [0.2, 0.25) is 0 Å². The molecule has 1 amide bonds. The first-order valence-electron chi connectivity index (χ1n) is 13.1. The van der Waals surface area contributed by atoms with E-state index in [9.17, 15) is 14.4 Å². The zero-order valence-electron chi connectivity index (χ0n) is 21.1. The lowest BCUT2D eigenvalue weighted by atomic mass is 9.89. The van der Waals surface area contributed by atoms with E-state index in [1.165, 1.54) is 17.2 Å². The van der Waals surface area contributed by atoms with E-state index in [1.807, 2.05) is 42.6 Å². The average Bonchev–Trinajstić information content (AvgIpc) is 3.35. The smallest absolute Gasteiger partial charge is 0.251 e. The lowest BCUT2D eigenvalue weighted by Crippen LogP contribution is -2.45. The SMILES string of the molecule is N#Cc1ccc2[nH]cc(CCCN(Cc3ccccc3)C3COc4c(F)cc5c(c4C3)C(=O)NCC5)c2c1. The van der Waals surface area contributed by atoms with Gasteiger partial charge in [0.05, 0.1) is 11.6 Å². The molecule has 0 saturated heterocycles. The molecule has 3 aromatic carbocycles. The Kier molecular flexibility index (Phi) is 6.57. The Balaban J connectivity index is 1.25. The Morgan fingerprint density at radius 2 is 2.03 bits per heavy atom. The number of carbonyl (C=O) groups excluding carboxylic acids is 1. The van der Waals surface area contributed by atoms with Crippen molar-refractivity contribution in [2.24, 2.45) is 0 Å². The van der Waals surface area contributed by atoms with Gasteiger partial charge in [-0.1, -0.05) is 30.3 Å². The van der Waals surface area contributed by atoms with Crippen molar-refractivity contribution in [3.05, 3.63) is 100.0 Å². The van der Waals surface area contributed by atoms with E-state index in [2.05, 4.69) is 33.4 Å². The molecule has 0 spiro atoms. The number of amides is 1. The van der Waals surface area contributed by atoms with E-state index >= 15 is 0 Å². The summed E-state index contributed by atoms with van der Waals surface area (Å²) < 4.78 is 20.9. The second-order valence-electron chi connectivity index (χ2n) is 10.1. The normalized spacial score (nSPS) is 16.4. The minimum absolute atomic E-state index is 0.0106. The number of hydrogen-bond donors (Lipinski definition) is 2. The molecule has 1 atom stereocenters. The third kappa shape index (κ3) is 4.64. The summed E-state index contributed by atoms with van der Waals surface area (Å²) in [5.41, 5.74) is 6.11. The van der Waals surface area contributed by atoms with E-state index in [1.54, 1.807) is 0 Å². The molecule has 38 heavy (non-hydrogen) atoms. The highest BCUT2D eigenvalue weighted by molar-refractivity contribution is 5.99. The Morgan fingerprint density at radius 3 is 2.87 bits per heavy atom. The van der Waals surface area contributed by atoms with Crippen molar-refractivity contribution in [2.45, 2.75) is 38.3 Å². The zero-order chi connectivity index (χ0) is 26.1. The van der Waals surface area contributed by atoms with Crippen LogP contribution in [0.4, 0.5) is 4.39 Å². The number of nitrogens with one attached hydrogen (secondary N) is 2. The number of nitriles is 1. The fourth-order valence-electron chi connectivity index (χ4n) is 5.82. The van der Waals surface area contributed by atoms with Crippen LogP contribution in [0.2, 0.25) is 0 Å². The van der Waals surface area contributed by atoms with Gasteiger partial charge in [0.25, 0.3) is 5.91 Å². The van der Waals surface area contributed by atoms with E-state index < -0.39 is 0 Å². The first-order chi connectivity index (χ1) is 18.6. The molecule has 6 nitrogen and oxygen atoms in total. The number of rotatable bonds is 7. The Hall–Kier alpha value is -4.15. The summed E-state index contributed by atoms with van der Waals surface area (Å²) in [6.07, 6.45) is 4.98. The molecule has 7 heteroatoms. The van der Waals surface area contributed by atoms with Crippen LogP contribution >= 0.6 is 0 Å². The maximum Gasteiger partial charge on any atom is 0.251 e. The van der Waals surface area contributed by atoms with Gasteiger partial charge in [0.1, 0.15) is 6.61 Å². The Morgan fingerprint density at radius 1 is 1.16 bits per heavy atom. The number of aromatic nitrogens is 1. The summed E-state index contributed by atoms with van der Waals surface area (Å²) >= 11 is 0. The highest BCUT2D eigenvalue weighted by atomic mass is 19.1. The van der Waals surface area contributed by atoms with Crippen molar-refractivity contribution in [3.8, 4) is 11.8 Å². The summed E-state index contributed by atoms with van der Waals surface area (Å²) in [5, 5.41) is 13.3. The first-order valence-corrected chi connectivity index (χ1v) is 13.1. The summed E-state index contributed by atoms with van der Waals surface area (Å²) in [5.74, 6) is -0.293. The van der Waals surface area contributed by atoms with Crippen LogP contribution in [-0.4, -0.2) is 41.5 Å². The first kappa shape index (κ1) is 24.2. The van der Waals surface area contributed by atoms with Gasteiger partial charge in [-0.3, -0.25) is 9.69 Å². The average molecular weight is 509 g/mol. The zero-order valence-corrected chi connectivity index (χ0v) is 21.1. The molecule has 6 rings (SSSR count). The molecule has 4 aromatic rings. The molecule has 3 heterocycles. The predicted molar refractivity (Wildman–Crippen MR) is 144 cm³/mol. The molecule has 2 aliphatic heterocycles. The summed E-state index contributed by atoms with van der Waals surface area (Å²) in [7, 11) is 0. The molecular formula is C31H29FN4O2. The van der Waals surface area contributed by atoms with E-state index in [4.69, 9.17) is 4.74 Å². The third-order valence-electron chi connectivity index (χ3n) is 7.71. The van der Waals surface area contributed by atoms with Gasteiger partial charge in [0, 0.05) is 47.4 Å². The number of benzene rings is 3. The van der Waals surface area contributed by atoms with Crippen molar-refractivity contribution in [3.63, 3.8) is 0 Å². The second-order valence-corrected chi connectivity index (χ2v) is 10.1. The van der Waals surface area contributed by atoms with Crippen LogP contribution in [-0.2, 0) is 25.8 Å². The third-order valence-corrected chi connectivity index (χ3v) is 7.71. The van der Waals surface area contributed by atoms with Crippen LogP contribution in [0.3, 0.4) is 0 Å². The van der Waals surface area contributed by atoms with Crippen molar-refractivity contribution >= 4 is 16.8 Å². The molecular weight excluding hydrogens is 479 g/mol. The molecule has 0 fully saturated rings. The molecule has 2 N–H and O–H groups in total. The molecule has 0 saturated carbocycles. The molecule has 192 valence electrons. The number of aromatic amines is 1. The number of aryl methyl sites for hydroxylation is 1. The van der Waals surface area contributed by atoms with Crippen LogP contribution < -0.4 is 10.1 Å². The number of hydrogen-bond acceptors (Lipinski definition) is 4. The molecule has 1 unspecified atom stereocenters. The van der Waals surface area contributed by atoms with Crippen LogP contribution in [0.5, 0.6) is 5.75 Å². The topological polar surface area (TPSA) is 81.2 Å². The van der Waals surface area contributed by atoms with Gasteiger partial charge in [-0.05, 0) is 73.2 Å². The second kappa shape index (κ2) is 10.3. The van der Waals surface area contributed by atoms with Crippen LogP contribution in [0, 0.1) is 17.1 Å². The van der Waals surface area contributed by atoms with Crippen LogP contribution in [0.15, 0.2) is 60.8 Å². The number of carbonyl (C=O) groups is 1.